The summed E-state index contributed by atoms with van der Waals surface area (Å²) in [6.07, 6.45) is -0.356. The van der Waals surface area contributed by atoms with E-state index in [1.54, 1.807) is 20.8 Å². The number of hydrogen-bond acceptors (Lipinski definition) is 4. The summed E-state index contributed by atoms with van der Waals surface area (Å²) in [5.74, 6) is 0. The Bertz CT molecular complexity index is 249. The number of alkyl carbamates (subject to hydrolysis) is 1. The molecule has 5 heteroatoms. The minimum Gasteiger partial charge on any atom is -0.444 e. The van der Waals surface area contributed by atoms with Crippen LogP contribution in [0.25, 0.3) is 0 Å². The molecule has 16 heavy (non-hydrogen) atoms. The highest BCUT2D eigenvalue weighted by Crippen LogP contribution is 2.19. The van der Waals surface area contributed by atoms with Crippen molar-refractivity contribution < 1.29 is 19.7 Å². The van der Waals surface area contributed by atoms with Gasteiger partial charge < -0.3 is 20.3 Å². The maximum Gasteiger partial charge on any atom is 0.407 e. The van der Waals surface area contributed by atoms with Crippen LogP contribution < -0.4 is 5.32 Å². The lowest BCUT2D eigenvalue weighted by molar-refractivity contribution is -0.0200. The maximum absolute atomic E-state index is 11.4. The lowest BCUT2D eigenvalue weighted by Crippen LogP contribution is -2.46. The van der Waals surface area contributed by atoms with Gasteiger partial charge in [-0.2, -0.15) is 0 Å². The largest absolute Gasteiger partial charge is 0.444 e. The molecule has 0 heterocycles. The summed E-state index contributed by atoms with van der Waals surface area (Å²) >= 11 is 0. The molecular weight excluding hydrogens is 210 g/mol. The van der Waals surface area contributed by atoms with Crippen molar-refractivity contribution in [2.75, 3.05) is 0 Å². The molecule has 5 nitrogen and oxygen atoms in total. The molecule has 1 rings (SSSR count). The monoisotopic (exact) mass is 231 g/mol. The van der Waals surface area contributed by atoms with Crippen molar-refractivity contribution in [1.29, 1.82) is 0 Å². The predicted molar refractivity (Wildman–Crippen MR) is 59.0 cm³/mol. The Labute approximate surface area is 95.8 Å². The van der Waals surface area contributed by atoms with E-state index < -0.39 is 23.9 Å². The highest BCUT2D eigenvalue weighted by atomic mass is 16.6. The normalized spacial score (nSPS) is 30.9. The highest BCUT2D eigenvalue weighted by Gasteiger charge is 2.29. The van der Waals surface area contributed by atoms with Crippen LogP contribution in [0.15, 0.2) is 0 Å². The fourth-order valence-corrected chi connectivity index (χ4v) is 1.74. The topological polar surface area (TPSA) is 78.8 Å². The zero-order chi connectivity index (χ0) is 12.3. The number of aliphatic hydroxyl groups excluding tert-OH is 2. The number of aliphatic hydroxyl groups is 2. The molecule has 3 atom stereocenters. The molecule has 0 aromatic rings. The van der Waals surface area contributed by atoms with Crippen LogP contribution in [0.5, 0.6) is 0 Å². The Balaban J connectivity index is 2.35. The summed E-state index contributed by atoms with van der Waals surface area (Å²) in [7, 11) is 0. The van der Waals surface area contributed by atoms with Gasteiger partial charge in [-0.05, 0) is 40.0 Å². The zero-order valence-electron chi connectivity index (χ0n) is 10.1. The lowest BCUT2D eigenvalue weighted by atomic mass is 9.91. The molecule has 0 unspecified atom stereocenters. The first-order valence-corrected chi connectivity index (χ1v) is 5.63. The summed E-state index contributed by atoms with van der Waals surface area (Å²) in [6, 6.07) is -0.117. The van der Waals surface area contributed by atoms with Crippen molar-refractivity contribution in [2.24, 2.45) is 0 Å². The van der Waals surface area contributed by atoms with Gasteiger partial charge in [0.05, 0.1) is 12.2 Å². The number of hydrogen-bond donors (Lipinski definition) is 3. The van der Waals surface area contributed by atoms with Crippen LogP contribution in [0.3, 0.4) is 0 Å². The van der Waals surface area contributed by atoms with E-state index in [4.69, 9.17) is 4.74 Å². The van der Waals surface area contributed by atoms with Gasteiger partial charge in [-0.1, -0.05) is 0 Å². The first kappa shape index (κ1) is 13.3. The van der Waals surface area contributed by atoms with Gasteiger partial charge in [0, 0.05) is 6.04 Å². The standard InChI is InChI=1S/C11H21NO4/c1-11(2,3)16-10(15)12-7-4-5-8(13)9(14)6-7/h7-9,13-14H,4-6H2,1-3H3,(H,12,15)/t7-,8+,9-/m0/s1. The molecule has 3 N–H and O–H groups in total. The molecule has 0 saturated heterocycles. The molecule has 1 fully saturated rings. The van der Waals surface area contributed by atoms with Crippen LogP contribution in [0.1, 0.15) is 40.0 Å². The van der Waals surface area contributed by atoms with Gasteiger partial charge in [0.15, 0.2) is 0 Å². The summed E-state index contributed by atoms with van der Waals surface area (Å²) in [5, 5.41) is 21.5. The van der Waals surface area contributed by atoms with Crippen molar-refractivity contribution in [1.82, 2.24) is 5.32 Å². The van der Waals surface area contributed by atoms with Gasteiger partial charge in [0.2, 0.25) is 0 Å². The molecule has 0 spiro atoms. The average molecular weight is 231 g/mol. The minimum absolute atomic E-state index is 0.117. The van der Waals surface area contributed by atoms with E-state index in [1.165, 1.54) is 0 Å². The molecule has 1 saturated carbocycles. The number of ether oxygens (including phenoxy) is 1. The molecule has 0 aromatic heterocycles. The number of carbonyl (C=O) groups is 1. The summed E-state index contributed by atoms with van der Waals surface area (Å²) in [5.41, 5.74) is -0.517. The SMILES string of the molecule is CC(C)(C)OC(=O)N[C@H]1CC[C@@H](O)[C@@H](O)C1. The summed E-state index contributed by atoms with van der Waals surface area (Å²) in [4.78, 5) is 11.4. The fraction of sp³-hybridized carbons (Fsp3) is 0.909. The first-order valence-electron chi connectivity index (χ1n) is 5.63. The van der Waals surface area contributed by atoms with Crippen molar-refractivity contribution in [3.8, 4) is 0 Å². The van der Waals surface area contributed by atoms with Gasteiger partial charge in [-0.15, -0.1) is 0 Å². The molecule has 0 bridgehead atoms. The molecular formula is C11H21NO4. The molecule has 0 aromatic carbocycles. The number of nitrogens with one attached hydrogen (secondary N) is 1. The second-order valence-corrected chi connectivity index (χ2v) is 5.29. The molecule has 0 aliphatic heterocycles. The van der Waals surface area contributed by atoms with Gasteiger partial charge in [0.1, 0.15) is 5.60 Å². The second kappa shape index (κ2) is 5.01. The van der Waals surface area contributed by atoms with Gasteiger partial charge in [0.25, 0.3) is 0 Å². The van der Waals surface area contributed by atoms with Crippen LogP contribution in [0.4, 0.5) is 4.79 Å². The van der Waals surface area contributed by atoms with Crippen LogP contribution >= 0.6 is 0 Å². The Morgan fingerprint density at radius 3 is 2.38 bits per heavy atom. The lowest BCUT2D eigenvalue weighted by Gasteiger charge is -2.31. The average Bonchev–Trinajstić information content (AvgIpc) is 2.08. The Hall–Kier alpha value is -0.810. The Morgan fingerprint density at radius 2 is 1.88 bits per heavy atom. The van der Waals surface area contributed by atoms with Gasteiger partial charge in [-0.3, -0.25) is 0 Å². The number of carbonyl (C=O) groups excluding carboxylic acids is 1. The van der Waals surface area contributed by atoms with Crippen LogP contribution in [0.2, 0.25) is 0 Å². The van der Waals surface area contributed by atoms with E-state index >= 15 is 0 Å². The molecule has 0 radical (unpaired) electrons. The third-order valence-electron chi connectivity index (χ3n) is 2.50. The second-order valence-electron chi connectivity index (χ2n) is 5.29. The predicted octanol–water partition coefficient (Wildman–Crippen LogP) is 0.785. The van der Waals surface area contributed by atoms with Crippen molar-refractivity contribution in [2.45, 2.75) is 63.9 Å². The molecule has 1 aliphatic carbocycles. The summed E-state index contributed by atoms with van der Waals surface area (Å²) in [6.45, 7) is 5.39. The maximum atomic E-state index is 11.4. The van der Waals surface area contributed by atoms with Crippen molar-refractivity contribution in [3.05, 3.63) is 0 Å². The highest BCUT2D eigenvalue weighted by molar-refractivity contribution is 5.68. The Morgan fingerprint density at radius 1 is 1.25 bits per heavy atom. The number of amides is 1. The van der Waals surface area contributed by atoms with E-state index in [9.17, 15) is 15.0 Å². The van der Waals surface area contributed by atoms with Gasteiger partial charge in [-0.25, -0.2) is 4.79 Å². The minimum atomic E-state index is -0.756. The smallest absolute Gasteiger partial charge is 0.407 e. The fourth-order valence-electron chi connectivity index (χ4n) is 1.74. The zero-order valence-corrected chi connectivity index (χ0v) is 10.1. The Kier molecular flexibility index (Phi) is 4.15. The van der Waals surface area contributed by atoms with Gasteiger partial charge >= 0.3 is 6.09 Å². The van der Waals surface area contributed by atoms with E-state index in [0.717, 1.165) is 0 Å². The van der Waals surface area contributed by atoms with Crippen molar-refractivity contribution >= 4 is 6.09 Å². The van der Waals surface area contributed by atoms with Crippen LogP contribution in [-0.2, 0) is 4.74 Å². The van der Waals surface area contributed by atoms with E-state index in [2.05, 4.69) is 5.32 Å². The molecule has 1 aliphatic rings. The summed E-state index contributed by atoms with van der Waals surface area (Å²) < 4.78 is 5.11. The first-order chi connectivity index (χ1) is 7.28. The van der Waals surface area contributed by atoms with E-state index in [1.807, 2.05) is 0 Å². The number of rotatable bonds is 1. The van der Waals surface area contributed by atoms with Crippen LogP contribution in [0, 0.1) is 0 Å². The van der Waals surface area contributed by atoms with Crippen LogP contribution in [-0.4, -0.2) is 40.2 Å². The van der Waals surface area contributed by atoms with E-state index in [0.29, 0.717) is 19.3 Å². The third kappa shape index (κ3) is 4.37. The quantitative estimate of drug-likeness (QED) is 0.623. The molecule has 1 amide bonds. The molecule has 94 valence electrons. The van der Waals surface area contributed by atoms with E-state index in [-0.39, 0.29) is 6.04 Å². The third-order valence-corrected chi connectivity index (χ3v) is 2.50. The van der Waals surface area contributed by atoms with Crippen molar-refractivity contribution in [3.63, 3.8) is 0 Å².